The topological polar surface area (TPSA) is 84.2 Å². The number of nitrogens with one attached hydrogen (secondary N) is 1. The van der Waals surface area contributed by atoms with Gasteiger partial charge in [0.05, 0.1) is 23.1 Å². The molecule has 24 heavy (non-hydrogen) atoms. The zero-order valence-electron chi connectivity index (χ0n) is 13.5. The van der Waals surface area contributed by atoms with Gasteiger partial charge in [0.2, 0.25) is 0 Å². The highest BCUT2D eigenvalue weighted by molar-refractivity contribution is 9.10. The number of aromatic nitrogens is 2. The number of halogens is 1. The maximum atomic E-state index is 12.3. The van der Waals surface area contributed by atoms with E-state index in [0.29, 0.717) is 18.5 Å². The third-order valence-corrected chi connectivity index (χ3v) is 4.15. The van der Waals surface area contributed by atoms with Gasteiger partial charge in [-0.15, -0.1) is 0 Å². The lowest BCUT2D eigenvalue weighted by molar-refractivity contribution is -0.137. The van der Waals surface area contributed by atoms with E-state index in [1.807, 2.05) is 31.2 Å². The van der Waals surface area contributed by atoms with Crippen molar-refractivity contribution in [3.63, 3.8) is 0 Å². The van der Waals surface area contributed by atoms with Gasteiger partial charge in [-0.1, -0.05) is 28.4 Å². The van der Waals surface area contributed by atoms with Gasteiger partial charge in [0, 0.05) is 17.4 Å². The van der Waals surface area contributed by atoms with Crippen molar-refractivity contribution in [2.24, 2.45) is 0 Å². The van der Waals surface area contributed by atoms with Crippen LogP contribution >= 0.6 is 15.9 Å². The Labute approximate surface area is 149 Å². The van der Waals surface area contributed by atoms with Crippen LogP contribution in [-0.4, -0.2) is 33.3 Å². The zero-order valence-corrected chi connectivity index (χ0v) is 15.0. The molecule has 2 N–H and O–H groups in total. The number of amides is 1. The first-order valence-electron chi connectivity index (χ1n) is 7.79. The highest BCUT2D eigenvalue weighted by atomic mass is 79.9. The number of nitrogens with zero attached hydrogens (tertiary/aromatic N) is 2. The molecule has 0 spiro atoms. The molecule has 0 saturated carbocycles. The molecule has 1 heterocycles. The van der Waals surface area contributed by atoms with E-state index in [9.17, 15) is 9.59 Å². The van der Waals surface area contributed by atoms with Crippen molar-refractivity contribution in [1.29, 1.82) is 0 Å². The highest BCUT2D eigenvalue weighted by Crippen LogP contribution is 2.18. The molecule has 0 aliphatic heterocycles. The molecular weight excluding hydrogens is 374 g/mol. The maximum Gasteiger partial charge on any atom is 0.303 e. The first-order chi connectivity index (χ1) is 11.5. The van der Waals surface area contributed by atoms with Crippen molar-refractivity contribution in [2.45, 2.75) is 32.6 Å². The predicted octanol–water partition coefficient (Wildman–Crippen LogP) is 3.32. The summed E-state index contributed by atoms with van der Waals surface area (Å²) in [6.07, 6.45) is 3.91. The summed E-state index contributed by atoms with van der Waals surface area (Å²) in [6.45, 7) is 2.38. The molecule has 0 saturated heterocycles. The van der Waals surface area contributed by atoms with Gasteiger partial charge in [0.1, 0.15) is 0 Å². The van der Waals surface area contributed by atoms with Crippen LogP contribution in [-0.2, 0) is 4.79 Å². The first kappa shape index (κ1) is 18.2. The molecule has 1 amide bonds. The van der Waals surface area contributed by atoms with Crippen molar-refractivity contribution in [3.05, 3.63) is 46.2 Å². The lowest BCUT2D eigenvalue weighted by Gasteiger charge is -2.07. The molecule has 2 rings (SSSR count). The minimum atomic E-state index is -0.783. The van der Waals surface area contributed by atoms with Crippen molar-refractivity contribution in [2.75, 3.05) is 6.54 Å². The zero-order chi connectivity index (χ0) is 17.5. The number of carboxylic acids is 1. The third kappa shape index (κ3) is 4.92. The van der Waals surface area contributed by atoms with Crippen LogP contribution in [0.15, 0.2) is 34.9 Å². The quantitative estimate of drug-likeness (QED) is 0.673. The molecule has 1 aromatic heterocycles. The number of hydrogen-bond donors (Lipinski definition) is 2. The van der Waals surface area contributed by atoms with Gasteiger partial charge in [0.15, 0.2) is 0 Å². The van der Waals surface area contributed by atoms with E-state index in [1.54, 1.807) is 10.9 Å². The van der Waals surface area contributed by atoms with Crippen molar-refractivity contribution >= 4 is 27.8 Å². The lowest BCUT2D eigenvalue weighted by Crippen LogP contribution is -2.24. The summed E-state index contributed by atoms with van der Waals surface area (Å²) in [4.78, 5) is 22.7. The molecule has 7 heteroatoms. The van der Waals surface area contributed by atoms with E-state index in [2.05, 4.69) is 26.3 Å². The molecular formula is C17H20BrN3O3. The molecule has 128 valence electrons. The molecule has 0 bridgehead atoms. The van der Waals surface area contributed by atoms with Crippen LogP contribution in [0, 0.1) is 6.92 Å². The Bertz CT molecular complexity index is 728. The second-order valence-electron chi connectivity index (χ2n) is 5.50. The Morgan fingerprint density at radius 2 is 2.08 bits per heavy atom. The van der Waals surface area contributed by atoms with Crippen LogP contribution in [0.3, 0.4) is 0 Å². The number of unbranched alkanes of at least 4 members (excludes halogenated alkanes) is 2. The van der Waals surface area contributed by atoms with E-state index in [4.69, 9.17) is 5.11 Å². The van der Waals surface area contributed by atoms with Crippen molar-refractivity contribution in [1.82, 2.24) is 15.1 Å². The van der Waals surface area contributed by atoms with Gasteiger partial charge >= 0.3 is 5.97 Å². The number of carbonyl (C=O) groups excluding carboxylic acids is 1. The highest BCUT2D eigenvalue weighted by Gasteiger charge is 2.14. The largest absolute Gasteiger partial charge is 0.481 e. The summed E-state index contributed by atoms with van der Waals surface area (Å²) in [5.41, 5.74) is 2.20. The van der Waals surface area contributed by atoms with Crippen molar-refractivity contribution < 1.29 is 14.7 Å². The normalized spacial score (nSPS) is 10.6. The van der Waals surface area contributed by atoms with E-state index in [1.165, 1.54) is 0 Å². The van der Waals surface area contributed by atoms with E-state index >= 15 is 0 Å². The van der Waals surface area contributed by atoms with Crippen LogP contribution in [0.25, 0.3) is 5.69 Å². The van der Waals surface area contributed by atoms with Gasteiger partial charge in [-0.3, -0.25) is 9.59 Å². The Morgan fingerprint density at radius 1 is 1.29 bits per heavy atom. The summed E-state index contributed by atoms with van der Waals surface area (Å²) in [7, 11) is 0. The number of carboxylic acid groups (broad SMARTS) is 1. The second-order valence-corrected chi connectivity index (χ2v) is 6.41. The predicted molar refractivity (Wildman–Crippen MR) is 94.4 cm³/mol. The summed E-state index contributed by atoms with van der Waals surface area (Å²) < 4.78 is 2.68. The molecule has 0 atom stereocenters. The van der Waals surface area contributed by atoms with Gasteiger partial charge in [-0.25, -0.2) is 4.68 Å². The molecule has 1 aromatic carbocycles. The van der Waals surface area contributed by atoms with Gasteiger partial charge in [-0.05, 0) is 38.0 Å². The molecule has 6 nitrogen and oxygen atoms in total. The van der Waals surface area contributed by atoms with Crippen molar-refractivity contribution in [3.8, 4) is 5.69 Å². The molecule has 0 fully saturated rings. The van der Waals surface area contributed by atoms with E-state index < -0.39 is 5.97 Å². The fraction of sp³-hybridized carbons (Fsp3) is 0.353. The van der Waals surface area contributed by atoms with E-state index in [-0.39, 0.29) is 12.3 Å². The smallest absolute Gasteiger partial charge is 0.303 e. The Hall–Kier alpha value is -2.15. The summed E-state index contributed by atoms with van der Waals surface area (Å²) >= 11 is 3.43. The van der Waals surface area contributed by atoms with Crippen LogP contribution in [0.2, 0.25) is 0 Å². The minimum Gasteiger partial charge on any atom is -0.481 e. The van der Waals surface area contributed by atoms with Gasteiger partial charge in [-0.2, -0.15) is 5.10 Å². The van der Waals surface area contributed by atoms with Crippen LogP contribution in [0.1, 0.15) is 41.7 Å². The maximum absolute atomic E-state index is 12.3. The molecule has 0 unspecified atom stereocenters. The second kappa shape index (κ2) is 8.63. The number of rotatable bonds is 8. The average molecular weight is 394 g/mol. The monoisotopic (exact) mass is 393 g/mol. The Balaban J connectivity index is 1.91. The molecule has 0 aliphatic rings. The van der Waals surface area contributed by atoms with Gasteiger partial charge < -0.3 is 10.4 Å². The van der Waals surface area contributed by atoms with E-state index in [0.717, 1.165) is 28.7 Å². The number of aliphatic carboxylic acids is 1. The summed E-state index contributed by atoms with van der Waals surface area (Å²) in [5.74, 6) is -0.943. The van der Waals surface area contributed by atoms with Crippen LogP contribution in [0.5, 0.6) is 0 Å². The summed E-state index contributed by atoms with van der Waals surface area (Å²) in [6, 6.07) is 7.71. The fourth-order valence-electron chi connectivity index (χ4n) is 2.38. The molecule has 0 radical (unpaired) electrons. The Kier molecular flexibility index (Phi) is 6.54. The number of carbonyl (C=O) groups is 2. The van der Waals surface area contributed by atoms with Crippen LogP contribution < -0.4 is 5.32 Å². The first-order valence-corrected chi connectivity index (χ1v) is 8.59. The summed E-state index contributed by atoms with van der Waals surface area (Å²) in [5, 5.41) is 15.7. The standard InChI is InChI=1S/C17H20BrN3O3/c1-12-15(17(24)19-9-4-2-3-8-16(22)23)11-20-21(12)14-7-5-6-13(18)10-14/h5-7,10-11H,2-4,8-9H2,1H3,(H,19,24)(H,22,23). The average Bonchev–Trinajstić information content (AvgIpc) is 2.92. The minimum absolute atomic E-state index is 0.160. The lowest BCUT2D eigenvalue weighted by atomic mass is 10.2. The van der Waals surface area contributed by atoms with Crippen LogP contribution in [0.4, 0.5) is 0 Å². The number of benzene rings is 1. The Morgan fingerprint density at radius 3 is 2.79 bits per heavy atom. The SMILES string of the molecule is Cc1c(C(=O)NCCCCCC(=O)O)cnn1-c1cccc(Br)c1. The fourth-order valence-corrected chi connectivity index (χ4v) is 2.76. The third-order valence-electron chi connectivity index (χ3n) is 3.66. The van der Waals surface area contributed by atoms with Gasteiger partial charge in [0.25, 0.3) is 5.91 Å². The molecule has 0 aliphatic carbocycles. The molecule has 2 aromatic rings. The number of hydrogen-bond acceptors (Lipinski definition) is 3.